The molecule has 0 fully saturated rings. The van der Waals surface area contributed by atoms with Gasteiger partial charge in [0.1, 0.15) is 0 Å². The van der Waals surface area contributed by atoms with Crippen molar-refractivity contribution < 1.29 is 4.79 Å². The van der Waals surface area contributed by atoms with Crippen LogP contribution in [0.15, 0.2) is 18.2 Å². The molecule has 0 unspecified atom stereocenters. The van der Waals surface area contributed by atoms with Gasteiger partial charge in [-0.1, -0.05) is 12.0 Å². The van der Waals surface area contributed by atoms with Crippen LogP contribution in [-0.2, 0) is 0 Å². The standard InChI is InChI=1S/C10H9NO/c1-3-8-6-7(2)4-5-9(8)10(11)12/h1,4-6H,2H3,(H2,11,12). The van der Waals surface area contributed by atoms with Crippen LogP contribution in [0.4, 0.5) is 0 Å². The highest BCUT2D eigenvalue weighted by Crippen LogP contribution is 2.09. The molecule has 1 aromatic carbocycles. The van der Waals surface area contributed by atoms with Crippen molar-refractivity contribution in [2.24, 2.45) is 5.73 Å². The number of hydrogen-bond donors (Lipinski definition) is 1. The smallest absolute Gasteiger partial charge is 0.249 e. The lowest BCUT2D eigenvalue weighted by atomic mass is 10.0. The van der Waals surface area contributed by atoms with Gasteiger partial charge in [-0.15, -0.1) is 6.42 Å². The van der Waals surface area contributed by atoms with Gasteiger partial charge in [-0.05, 0) is 24.6 Å². The van der Waals surface area contributed by atoms with E-state index >= 15 is 0 Å². The molecule has 0 aliphatic heterocycles. The van der Waals surface area contributed by atoms with Gasteiger partial charge in [0, 0.05) is 5.56 Å². The Hall–Kier alpha value is -1.75. The summed E-state index contributed by atoms with van der Waals surface area (Å²) in [6.07, 6.45) is 5.20. The second-order valence-electron chi connectivity index (χ2n) is 2.56. The predicted octanol–water partition coefficient (Wildman–Crippen LogP) is 1.08. The fourth-order valence-corrected chi connectivity index (χ4v) is 0.992. The van der Waals surface area contributed by atoms with Crippen LogP contribution >= 0.6 is 0 Å². The highest BCUT2D eigenvalue weighted by Gasteiger charge is 2.04. The third kappa shape index (κ3) is 1.46. The fraction of sp³-hybridized carbons (Fsp3) is 0.100. The quantitative estimate of drug-likeness (QED) is 0.612. The third-order valence-electron chi connectivity index (χ3n) is 1.60. The lowest BCUT2D eigenvalue weighted by Gasteiger charge is -2.00. The van der Waals surface area contributed by atoms with Crippen LogP contribution in [-0.4, -0.2) is 5.91 Å². The molecule has 1 rings (SSSR count). The first kappa shape index (κ1) is 8.35. The Morgan fingerprint density at radius 1 is 1.58 bits per heavy atom. The summed E-state index contributed by atoms with van der Waals surface area (Å²) in [5, 5.41) is 0. The molecule has 1 aromatic rings. The van der Waals surface area contributed by atoms with Gasteiger partial charge in [0.2, 0.25) is 5.91 Å². The van der Waals surface area contributed by atoms with E-state index in [1.165, 1.54) is 0 Å². The molecule has 0 heterocycles. The molecule has 0 saturated carbocycles. The number of hydrogen-bond acceptors (Lipinski definition) is 1. The molecule has 0 bridgehead atoms. The van der Waals surface area contributed by atoms with E-state index in [2.05, 4.69) is 5.92 Å². The molecular formula is C10H9NO. The predicted molar refractivity (Wildman–Crippen MR) is 47.6 cm³/mol. The molecule has 2 N–H and O–H groups in total. The maximum atomic E-state index is 10.8. The summed E-state index contributed by atoms with van der Waals surface area (Å²) in [5.74, 6) is 1.93. The Morgan fingerprint density at radius 2 is 2.25 bits per heavy atom. The van der Waals surface area contributed by atoms with Gasteiger partial charge in [-0.25, -0.2) is 0 Å². The van der Waals surface area contributed by atoms with Crippen LogP contribution in [0.3, 0.4) is 0 Å². The molecule has 12 heavy (non-hydrogen) atoms. The van der Waals surface area contributed by atoms with E-state index in [-0.39, 0.29) is 0 Å². The number of amides is 1. The van der Waals surface area contributed by atoms with Crippen molar-refractivity contribution in [3.63, 3.8) is 0 Å². The number of rotatable bonds is 1. The summed E-state index contributed by atoms with van der Waals surface area (Å²) in [5.41, 5.74) is 7.09. The molecule has 0 radical (unpaired) electrons. The Labute approximate surface area is 71.4 Å². The SMILES string of the molecule is C#Cc1cc(C)ccc1C(N)=O. The van der Waals surface area contributed by atoms with E-state index in [4.69, 9.17) is 12.2 Å². The molecule has 0 atom stereocenters. The van der Waals surface area contributed by atoms with Crippen molar-refractivity contribution in [1.82, 2.24) is 0 Å². The molecule has 0 saturated heterocycles. The molecule has 0 aromatic heterocycles. The van der Waals surface area contributed by atoms with Crippen molar-refractivity contribution in [3.05, 3.63) is 34.9 Å². The van der Waals surface area contributed by atoms with E-state index in [1.807, 2.05) is 6.92 Å². The third-order valence-corrected chi connectivity index (χ3v) is 1.60. The summed E-state index contributed by atoms with van der Waals surface area (Å²) in [6.45, 7) is 1.91. The minimum atomic E-state index is -0.483. The van der Waals surface area contributed by atoms with Crippen molar-refractivity contribution in [2.75, 3.05) is 0 Å². The average Bonchev–Trinajstić information content (AvgIpc) is 2.03. The summed E-state index contributed by atoms with van der Waals surface area (Å²) >= 11 is 0. The second kappa shape index (κ2) is 3.10. The molecule has 2 nitrogen and oxygen atoms in total. The van der Waals surface area contributed by atoms with Gasteiger partial charge in [0.25, 0.3) is 0 Å². The van der Waals surface area contributed by atoms with Gasteiger partial charge < -0.3 is 5.73 Å². The Kier molecular flexibility index (Phi) is 2.16. The monoisotopic (exact) mass is 159 g/mol. The maximum absolute atomic E-state index is 10.8. The molecule has 0 aliphatic rings. The van der Waals surface area contributed by atoms with Crippen LogP contribution in [0.2, 0.25) is 0 Å². The zero-order chi connectivity index (χ0) is 9.14. The minimum absolute atomic E-state index is 0.406. The molecular weight excluding hydrogens is 150 g/mol. The summed E-state index contributed by atoms with van der Waals surface area (Å²) in [7, 11) is 0. The Balaban J connectivity index is 3.32. The van der Waals surface area contributed by atoms with Crippen molar-refractivity contribution >= 4 is 5.91 Å². The van der Waals surface area contributed by atoms with E-state index in [0.29, 0.717) is 11.1 Å². The lowest BCUT2D eigenvalue weighted by Crippen LogP contribution is -2.12. The summed E-state index contributed by atoms with van der Waals surface area (Å²) < 4.78 is 0. The van der Waals surface area contributed by atoms with E-state index in [0.717, 1.165) is 5.56 Å². The van der Waals surface area contributed by atoms with Gasteiger partial charge >= 0.3 is 0 Å². The average molecular weight is 159 g/mol. The number of primary amides is 1. The van der Waals surface area contributed by atoms with E-state index in [9.17, 15) is 4.79 Å². The Bertz CT molecular complexity index is 361. The topological polar surface area (TPSA) is 43.1 Å². The van der Waals surface area contributed by atoms with E-state index in [1.54, 1.807) is 18.2 Å². The normalized spacial score (nSPS) is 9.00. The first-order valence-electron chi connectivity index (χ1n) is 3.52. The van der Waals surface area contributed by atoms with Crippen LogP contribution in [0.1, 0.15) is 21.5 Å². The van der Waals surface area contributed by atoms with Crippen LogP contribution in [0, 0.1) is 19.3 Å². The first-order chi connectivity index (χ1) is 5.65. The number of carbonyl (C=O) groups is 1. The first-order valence-corrected chi connectivity index (χ1v) is 3.52. The van der Waals surface area contributed by atoms with Gasteiger partial charge in [0.15, 0.2) is 0 Å². The van der Waals surface area contributed by atoms with Gasteiger partial charge in [0.05, 0.1) is 5.56 Å². The lowest BCUT2D eigenvalue weighted by molar-refractivity contribution is 0.1000. The number of terminal acetylenes is 1. The zero-order valence-electron chi connectivity index (χ0n) is 6.79. The number of aryl methyl sites for hydroxylation is 1. The summed E-state index contributed by atoms with van der Waals surface area (Å²) in [4.78, 5) is 10.8. The van der Waals surface area contributed by atoms with Gasteiger partial charge in [-0.2, -0.15) is 0 Å². The molecule has 2 heteroatoms. The minimum Gasteiger partial charge on any atom is -0.366 e. The number of nitrogens with two attached hydrogens (primary N) is 1. The second-order valence-corrected chi connectivity index (χ2v) is 2.56. The van der Waals surface area contributed by atoms with Gasteiger partial charge in [-0.3, -0.25) is 4.79 Å². The molecule has 60 valence electrons. The molecule has 0 aliphatic carbocycles. The largest absolute Gasteiger partial charge is 0.366 e. The fourth-order valence-electron chi connectivity index (χ4n) is 0.992. The Morgan fingerprint density at radius 3 is 2.75 bits per heavy atom. The number of carbonyl (C=O) groups excluding carboxylic acids is 1. The molecule has 1 amide bonds. The zero-order valence-corrected chi connectivity index (χ0v) is 6.79. The highest BCUT2D eigenvalue weighted by atomic mass is 16.1. The van der Waals surface area contributed by atoms with Crippen molar-refractivity contribution in [1.29, 1.82) is 0 Å². The summed E-state index contributed by atoms with van der Waals surface area (Å²) in [6, 6.07) is 5.22. The van der Waals surface area contributed by atoms with Crippen LogP contribution in [0.25, 0.3) is 0 Å². The number of benzene rings is 1. The highest BCUT2D eigenvalue weighted by molar-refractivity contribution is 5.95. The van der Waals surface area contributed by atoms with E-state index < -0.39 is 5.91 Å². The van der Waals surface area contributed by atoms with Crippen molar-refractivity contribution in [2.45, 2.75) is 6.92 Å². The molecule has 0 spiro atoms. The van der Waals surface area contributed by atoms with Crippen molar-refractivity contribution in [3.8, 4) is 12.3 Å². The van der Waals surface area contributed by atoms with Crippen LogP contribution in [0.5, 0.6) is 0 Å². The maximum Gasteiger partial charge on any atom is 0.249 e. The van der Waals surface area contributed by atoms with Crippen LogP contribution < -0.4 is 5.73 Å².